The standard InChI is InChI=1S/C15H15N3O2/c1-11-8-14(20-18-11)6-3-7-17-15(19)13-5-2-4-12(9-13)10-16/h2,4-5,8-9H,3,6-7H2,1H3,(H,17,19). The summed E-state index contributed by atoms with van der Waals surface area (Å²) in [5.74, 6) is 0.652. The van der Waals surface area contributed by atoms with Gasteiger partial charge in [-0.15, -0.1) is 0 Å². The average Bonchev–Trinajstić information content (AvgIpc) is 2.89. The van der Waals surface area contributed by atoms with Crippen LogP contribution in [0.3, 0.4) is 0 Å². The lowest BCUT2D eigenvalue weighted by molar-refractivity contribution is 0.0953. The second-order valence-corrected chi connectivity index (χ2v) is 4.49. The van der Waals surface area contributed by atoms with E-state index in [9.17, 15) is 4.79 Å². The first kappa shape index (κ1) is 13.8. The first-order valence-corrected chi connectivity index (χ1v) is 6.39. The van der Waals surface area contributed by atoms with Gasteiger partial charge < -0.3 is 9.84 Å². The lowest BCUT2D eigenvalue weighted by Gasteiger charge is -2.04. The first-order chi connectivity index (χ1) is 9.69. The molecule has 0 aliphatic carbocycles. The molecule has 2 rings (SSSR count). The molecule has 0 fully saturated rings. The van der Waals surface area contributed by atoms with Gasteiger partial charge in [-0.05, 0) is 31.5 Å². The molecule has 0 radical (unpaired) electrons. The number of hydrogen-bond donors (Lipinski definition) is 1. The molecule has 0 spiro atoms. The SMILES string of the molecule is Cc1cc(CCCNC(=O)c2cccc(C#N)c2)on1. The summed E-state index contributed by atoms with van der Waals surface area (Å²) in [5, 5.41) is 15.4. The Labute approximate surface area is 117 Å². The number of rotatable bonds is 5. The van der Waals surface area contributed by atoms with Gasteiger partial charge in [-0.25, -0.2) is 0 Å². The molecular weight excluding hydrogens is 254 g/mol. The molecule has 1 N–H and O–H groups in total. The zero-order chi connectivity index (χ0) is 14.4. The molecule has 2 aromatic rings. The van der Waals surface area contributed by atoms with Crippen LogP contribution in [0.5, 0.6) is 0 Å². The Morgan fingerprint density at radius 1 is 1.45 bits per heavy atom. The van der Waals surface area contributed by atoms with Crippen molar-refractivity contribution < 1.29 is 9.32 Å². The van der Waals surface area contributed by atoms with Crippen LogP contribution in [0, 0.1) is 18.3 Å². The predicted octanol–water partition coefficient (Wildman–Crippen LogP) is 2.22. The van der Waals surface area contributed by atoms with Crippen molar-refractivity contribution in [3.05, 3.63) is 52.9 Å². The molecule has 102 valence electrons. The van der Waals surface area contributed by atoms with E-state index in [0.717, 1.165) is 24.3 Å². The van der Waals surface area contributed by atoms with Crippen molar-refractivity contribution in [1.29, 1.82) is 5.26 Å². The second-order valence-electron chi connectivity index (χ2n) is 4.49. The summed E-state index contributed by atoms with van der Waals surface area (Å²) >= 11 is 0. The summed E-state index contributed by atoms with van der Waals surface area (Å²) < 4.78 is 5.09. The van der Waals surface area contributed by atoms with E-state index in [2.05, 4.69) is 10.5 Å². The van der Waals surface area contributed by atoms with E-state index >= 15 is 0 Å². The van der Waals surface area contributed by atoms with Crippen LogP contribution in [-0.4, -0.2) is 17.6 Å². The zero-order valence-electron chi connectivity index (χ0n) is 11.2. The normalized spacial score (nSPS) is 10.0. The van der Waals surface area contributed by atoms with Crippen molar-refractivity contribution in [2.24, 2.45) is 0 Å². The quantitative estimate of drug-likeness (QED) is 0.844. The first-order valence-electron chi connectivity index (χ1n) is 6.39. The Bertz CT molecular complexity index is 641. The summed E-state index contributed by atoms with van der Waals surface area (Å²) in [7, 11) is 0. The van der Waals surface area contributed by atoms with Crippen LogP contribution in [0.15, 0.2) is 34.9 Å². The number of benzene rings is 1. The van der Waals surface area contributed by atoms with Gasteiger partial charge in [0.25, 0.3) is 5.91 Å². The van der Waals surface area contributed by atoms with E-state index in [-0.39, 0.29) is 5.91 Å². The third-order valence-electron chi connectivity index (χ3n) is 2.82. The molecular formula is C15H15N3O2. The molecule has 1 heterocycles. The van der Waals surface area contributed by atoms with Gasteiger partial charge in [-0.1, -0.05) is 11.2 Å². The van der Waals surface area contributed by atoms with Gasteiger partial charge in [0.2, 0.25) is 0 Å². The summed E-state index contributed by atoms with van der Waals surface area (Å²) in [6, 6.07) is 10.5. The van der Waals surface area contributed by atoms with Crippen molar-refractivity contribution in [3.63, 3.8) is 0 Å². The number of nitrogens with one attached hydrogen (secondary N) is 1. The summed E-state index contributed by atoms with van der Waals surface area (Å²) in [6.07, 6.45) is 1.51. The fraction of sp³-hybridized carbons (Fsp3) is 0.267. The molecule has 5 heteroatoms. The number of aryl methyl sites for hydroxylation is 2. The molecule has 0 aliphatic heterocycles. The molecule has 0 aliphatic rings. The highest BCUT2D eigenvalue weighted by Crippen LogP contribution is 2.06. The summed E-state index contributed by atoms with van der Waals surface area (Å²) in [5.41, 5.74) is 1.84. The molecule has 5 nitrogen and oxygen atoms in total. The molecule has 0 unspecified atom stereocenters. The van der Waals surface area contributed by atoms with E-state index in [1.165, 1.54) is 0 Å². The molecule has 0 atom stereocenters. The fourth-order valence-electron chi connectivity index (χ4n) is 1.83. The smallest absolute Gasteiger partial charge is 0.251 e. The maximum absolute atomic E-state index is 11.9. The maximum atomic E-state index is 11.9. The Morgan fingerprint density at radius 3 is 3.00 bits per heavy atom. The number of aromatic nitrogens is 1. The maximum Gasteiger partial charge on any atom is 0.251 e. The van der Waals surface area contributed by atoms with Crippen LogP contribution in [0.4, 0.5) is 0 Å². The third kappa shape index (κ3) is 3.69. The minimum atomic E-state index is -0.171. The van der Waals surface area contributed by atoms with Gasteiger partial charge in [-0.3, -0.25) is 4.79 Å². The van der Waals surface area contributed by atoms with Crippen molar-refractivity contribution >= 4 is 5.91 Å². The van der Waals surface area contributed by atoms with Crippen LogP contribution in [0.25, 0.3) is 0 Å². The lowest BCUT2D eigenvalue weighted by atomic mass is 10.1. The zero-order valence-corrected chi connectivity index (χ0v) is 11.2. The van der Waals surface area contributed by atoms with Gasteiger partial charge in [0, 0.05) is 24.6 Å². The monoisotopic (exact) mass is 269 g/mol. The van der Waals surface area contributed by atoms with Crippen LogP contribution in [0.1, 0.15) is 33.8 Å². The van der Waals surface area contributed by atoms with E-state index in [4.69, 9.17) is 9.78 Å². The summed E-state index contributed by atoms with van der Waals surface area (Å²) in [6.45, 7) is 2.42. The van der Waals surface area contributed by atoms with Crippen LogP contribution >= 0.6 is 0 Å². The molecule has 0 saturated carbocycles. The molecule has 0 bridgehead atoms. The number of nitriles is 1. The number of carbonyl (C=O) groups excluding carboxylic acids is 1. The molecule has 1 aromatic carbocycles. The van der Waals surface area contributed by atoms with E-state index < -0.39 is 0 Å². The van der Waals surface area contributed by atoms with Crippen molar-refractivity contribution in [3.8, 4) is 6.07 Å². The van der Waals surface area contributed by atoms with Crippen molar-refractivity contribution in [1.82, 2.24) is 10.5 Å². The highest BCUT2D eigenvalue weighted by molar-refractivity contribution is 5.94. The van der Waals surface area contributed by atoms with Gasteiger partial charge in [0.15, 0.2) is 0 Å². The molecule has 1 aromatic heterocycles. The highest BCUT2D eigenvalue weighted by atomic mass is 16.5. The lowest BCUT2D eigenvalue weighted by Crippen LogP contribution is -2.24. The Hall–Kier alpha value is -2.61. The number of carbonyl (C=O) groups is 1. The Kier molecular flexibility index (Phi) is 4.51. The van der Waals surface area contributed by atoms with Crippen LogP contribution in [-0.2, 0) is 6.42 Å². The summed E-state index contributed by atoms with van der Waals surface area (Å²) in [4.78, 5) is 11.9. The van der Waals surface area contributed by atoms with Gasteiger partial charge in [-0.2, -0.15) is 5.26 Å². The van der Waals surface area contributed by atoms with E-state index in [1.807, 2.05) is 19.1 Å². The molecule has 0 saturated heterocycles. The minimum Gasteiger partial charge on any atom is -0.361 e. The molecule has 20 heavy (non-hydrogen) atoms. The van der Waals surface area contributed by atoms with Crippen LogP contribution in [0.2, 0.25) is 0 Å². The molecule has 1 amide bonds. The fourth-order valence-corrected chi connectivity index (χ4v) is 1.83. The third-order valence-corrected chi connectivity index (χ3v) is 2.82. The van der Waals surface area contributed by atoms with Gasteiger partial charge in [0.05, 0.1) is 17.3 Å². The minimum absolute atomic E-state index is 0.171. The number of amides is 1. The number of nitrogens with zero attached hydrogens (tertiary/aromatic N) is 2. The van der Waals surface area contributed by atoms with Crippen molar-refractivity contribution in [2.45, 2.75) is 19.8 Å². The topological polar surface area (TPSA) is 78.9 Å². The van der Waals surface area contributed by atoms with E-state index in [1.54, 1.807) is 24.3 Å². The van der Waals surface area contributed by atoms with E-state index in [0.29, 0.717) is 17.7 Å². The largest absolute Gasteiger partial charge is 0.361 e. The predicted molar refractivity (Wildman–Crippen MR) is 73.1 cm³/mol. The van der Waals surface area contributed by atoms with Gasteiger partial charge in [0.1, 0.15) is 5.76 Å². The second kappa shape index (κ2) is 6.53. The average molecular weight is 269 g/mol. The highest BCUT2D eigenvalue weighted by Gasteiger charge is 2.06. The number of hydrogen-bond acceptors (Lipinski definition) is 4. The van der Waals surface area contributed by atoms with Gasteiger partial charge >= 0.3 is 0 Å². The Balaban J connectivity index is 1.79. The van der Waals surface area contributed by atoms with Crippen LogP contribution < -0.4 is 5.32 Å². The Morgan fingerprint density at radius 2 is 2.30 bits per heavy atom. The van der Waals surface area contributed by atoms with Crippen molar-refractivity contribution in [2.75, 3.05) is 6.54 Å².